The normalized spacial score (nSPS) is 9.56. The average Bonchev–Trinajstić information content (AvgIpc) is 1.99. The van der Waals surface area contributed by atoms with E-state index in [1.807, 2.05) is 0 Å². The summed E-state index contributed by atoms with van der Waals surface area (Å²) in [6.07, 6.45) is 0.0868. The summed E-state index contributed by atoms with van der Waals surface area (Å²) in [7, 11) is 0. The third kappa shape index (κ3) is 77.4. The van der Waals surface area contributed by atoms with E-state index in [1.54, 1.807) is 34.6 Å². The Hall–Kier alpha value is -0.538. The molecule has 6 heteroatoms. The second-order valence-corrected chi connectivity index (χ2v) is 3.60. The van der Waals surface area contributed by atoms with E-state index in [2.05, 4.69) is 4.74 Å². The Morgan fingerprint density at radius 3 is 1.61 bits per heavy atom. The van der Waals surface area contributed by atoms with Gasteiger partial charge in [-0.15, -0.1) is 18.0 Å². The molecule has 0 spiro atoms. The minimum absolute atomic E-state index is 0. The van der Waals surface area contributed by atoms with Gasteiger partial charge in [0.05, 0.1) is 6.61 Å². The Morgan fingerprint density at radius 2 is 1.44 bits per heavy atom. The highest BCUT2D eigenvalue weighted by Crippen LogP contribution is 1.83. The number of allylic oxidation sites excluding steroid dienone is 1. The molecule has 0 aliphatic heterocycles. The summed E-state index contributed by atoms with van der Waals surface area (Å²) in [6.45, 7) is 9.74. The molecule has 107 valence electrons. The van der Waals surface area contributed by atoms with Gasteiger partial charge in [-0.05, 0) is 6.92 Å². The van der Waals surface area contributed by atoms with Gasteiger partial charge in [0, 0.05) is 23.4 Å². The quantitative estimate of drug-likeness (QED) is 0.277. The molecule has 0 aromatic carbocycles. The fourth-order valence-electron chi connectivity index (χ4n) is 0.350. The molecular formula is C12H23AlO5-3. The van der Waals surface area contributed by atoms with E-state index in [4.69, 9.17) is 0 Å². The van der Waals surface area contributed by atoms with Gasteiger partial charge < -0.3 is 20.1 Å². The lowest BCUT2D eigenvalue weighted by molar-refractivity contribution is -0.408. The van der Waals surface area contributed by atoms with Crippen LogP contribution in [0.1, 0.15) is 41.5 Å². The number of rotatable bonds is 2. The average molecular weight is 274 g/mol. The van der Waals surface area contributed by atoms with E-state index in [-0.39, 0.29) is 23.1 Å². The van der Waals surface area contributed by atoms with E-state index in [1.165, 1.54) is 6.92 Å². The van der Waals surface area contributed by atoms with E-state index in [0.717, 1.165) is 6.08 Å². The van der Waals surface area contributed by atoms with Crippen LogP contribution in [0.2, 0.25) is 0 Å². The lowest BCUT2D eigenvalue weighted by atomic mass is 10.5. The Labute approximate surface area is 121 Å². The molecule has 0 aliphatic rings. The van der Waals surface area contributed by atoms with Crippen LogP contribution in [0, 0.1) is 0 Å². The van der Waals surface area contributed by atoms with Crippen molar-refractivity contribution in [2.75, 3.05) is 6.61 Å². The molecular weight excluding hydrogens is 251 g/mol. The first kappa shape index (κ1) is 26.1. The first-order valence-corrected chi connectivity index (χ1v) is 5.47. The van der Waals surface area contributed by atoms with Crippen molar-refractivity contribution in [2.45, 2.75) is 53.8 Å². The highest BCUT2D eigenvalue weighted by atomic mass is 27.0. The van der Waals surface area contributed by atoms with E-state index in [9.17, 15) is 20.1 Å². The van der Waals surface area contributed by atoms with Crippen molar-refractivity contribution in [3.8, 4) is 0 Å². The number of carbonyl (C=O) groups excluding carboxylic acids is 1. The SMILES string of the molecule is CC(C)[O-].CC(C)[O-].CCOC(=O)C=C(C)[O-].[Al]. The third-order valence-electron chi connectivity index (χ3n) is 0.608. The van der Waals surface area contributed by atoms with Crippen LogP contribution in [0.15, 0.2) is 11.8 Å². The summed E-state index contributed by atoms with van der Waals surface area (Å²) in [5.41, 5.74) is 0. The number of hydrogen-bond donors (Lipinski definition) is 0. The number of ether oxygens (including phenoxy) is 1. The van der Waals surface area contributed by atoms with E-state index in [0.29, 0.717) is 6.61 Å². The molecule has 0 fully saturated rings. The molecule has 0 aliphatic carbocycles. The van der Waals surface area contributed by atoms with Crippen LogP contribution >= 0.6 is 0 Å². The van der Waals surface area contributed by atoms with Crippen molar-refractivity contribution in [1.82, 2.24) is 0 Å². The Balaban J connectivity index is -0.0000000922. The Kier molecular flexibility index (Phi) is 27.3. The number of esters is 1. The van der Waals surface area contributed by atoms with Gasteiger partial charge in [0.25, 0.3) is 0 Å². The standard InChI is InChI=1S/C6H10O3.2C3H7O.Al/c1-3-9-6(8)4-5(2)7;2*1-3(2)4;/h4,7H,3H2,1-2H3;2*3H,1-2H3;/q;2*-1;/p-1. The van der Waals surface area contributed by atoms with E-state index >= 15 is 0 Å². The molecule has 0 bridgehead atoms. The highest BCUT2D eigenvalue weighted by Gasteiger charge is 1.90. The molecule has 0 aromatic heterocycles. The fraction of sp³-hybridized carbons (Fsp3) is 0.750. The van der Waals surface area contributed by atoms with Gasteiger partial charge in [-0.2, -0.15) is 0 Å². The summed E-state index contributed by atoms with van der Waals surface area (Å²) < 4.78 is 4.44. The highest BCUT2D eigenvalue weighted by molar-refractivity contribution is 5.82. The van der Waals surface area contributed by atoms with Gasteiger partial charge in [0.15, 0.2) is 0 Å². The van der Waals surface area contributed by atoms with Crippen molar-refractivity contribution in [1.29, 1.82) is 0 Å². The van der Waals surface area contributed by atoms with Crippen LogP contribution in [0.3, 0.4) is 0 Å². The minimum atomic E-state index is -0.565. The molecule has 0 saturated carbocycles. The van der Waals surface area contributed by atoms with Crippen molar-refractivity contribution in [3.63, 3.8) is 0 Å². The largest absolute Gasteiger partial charge is 0.875 e. The van der Waals surface area contributed by atoms with Crippen LogP contribution in [-0.4, -0.2) is 42.1 Å². The molecule has 0 N–H and O–H groups in total. The second kappa shape index (κ2) is 18.8. The number of hydrogen-bond acceptors (Lipinski definition) is 5. The molecule has 5 nitrogen and oxygen atoms in total. The smallest absolute Gasteiger partial charge is 0.329 e. The zero-order chi connectivity index (χ0) is 14.4. The molecule has 0 rings (SSSR count). The lowest BCUT2D eigenvalue weighted by Crippen LogP contribution is -2.14. The molecule has 0 amide bonds. The van der Waals surface area contributed by atoms with Gasteiger partial charge in [0.1, 0.15) is 0 Å². The van der Waals surface area contributed by atoms with Crippen molar-refractivity contribution in [2.24, 2.45) is 0 Å². The summed E-state index contributed by atoms with van der Waals surface area (Å²) in [6, 6.07) is 0. The van der Waals surface area contributed by atoms with Gasteiger partial charge >= 0.3 is 5.97 Å². The van der Waals surface area contributed by atoms with Crippen LogP contribution in [-0.2, 0) is 9.53 Å². The zero-order valence-corrected chi connectivity index (χ0v) is 13.2. The van der Waals surface area contributed by atoms with Crippen molar-refractivity contribution in [3.05, 3.63) is 11.8 Å². The van der Waals surface area contributed by atoms with Gasteiger partial charge in [0.2, 0.25) is 0 Å². The first-order valence-electron chi connectivity index (χ1n) is 5.47. The lowest BCUT2D eigenvalue weighted by Gasteiger charge is -2.02. The second-order valence-electron chi connectivity index (χ2n) is 3.60. The van der Waals surface area contributed by atoms with Gasteiger partial charge in [-0.1, -0.05) is 34.6 Å². The molecule has 0 atom stereocenters. The van der Waals surface area contributed by atoms with Gasteiger partial charge in [-0.25, -0.2) is 4.79 Å². The number of carbonyl (C=O) groups is 1. The van der Waals surface area contributed by atoms with Crippen LogP contribution in [0.4, 0.5) is 0 Å². The minimum Gasteiger partial charge on any atom is -0.875 e. The molecule has 0 saturated heterocycles. The summed E-state index contributed by atoms with van der Waals surface area (Å²) in [5.74, 6) is -0.849. The third-order valence-corrected chi connectivity index (χ3v) is 0.608. The maximum absolute atomic E-state index is 10.4. The zero-order valence-electron chi connectivity index (χ0n) is 12.1. The predicted molar refractivity (Wildman–Crippen MR) is 66.4 cm³/mol. The summed E-state index contributed by atoms with van der Waals surface area (Å²) in [4.78, 5) is 10.4. The fourth-order valence-corrected chi connectivity index (χ4v) is 0.350. The van der Waals surface area contributed by atoms with Crippen LogP contribution in [0.25, 0.3) is 0 Å². The van der Waals surface area contributed by atoms with Crippen LogP contribution < -0.4 is 15.3 Å². The van der Waals surface area contributed by atoms with Crippen molar-refractivity contribution < 1.29 is 24.9 Å². The van der Waals surface area contributed by atoms with Gasteiger partial charge in [-0.3, -0.25) is 0 Å². The molecule has 0 aromatic rings. The topological polar surface area (TPSA) is 95.5 Å². The first-order chi connectivity index (χ1) is 7.63. The summed E-state index contributed by atoms with van der Waals surface area (Å²) >= 11 is 0. The Morgan fingerprint density at radius 1 is 1.17 bits per heavy atom. The van der Waals surface area contributed by atoms with Crippen molar-refractivity contribution >= 4 is 23.3 Å². The van der Waals surface area contributed by atoms with E-state index < -0.39 is 18.2 Å². The molecule has 0 unspecified atom stereocenters. The monoisotopic (exact) mass is 274 g/mol. The predicted octanol–water partition coefficient (Wildman–Crippen LogP) is -1.06. The summed E-state index contributed by atoms with van der Waals surface area (Å²) in [5, 5.41) is 29.2. The maximum atomic E-state index is 10.4. The van der Waals surface area contributed by atoms with Crippen LogP contribution in [0.5, 0.6) is 0 Å². The molecule has 3 radical (unpaired) electrons. The maximum Gasteiger partial charge on any atom is 0.329 e. The Bertz CT molecular complexity index is 187. The molecule has 0 heterocycles. The molecule has 18 heavy (non-hydrogen) atoms.